The summed E-state index contributed by atoms with van der Waals surface area (Å²) in [6.07, 6.45) is 3.30. The fourth-order valence-corrected chi connectivity index (χ4v) is 2.27. The molecule has 0 aliphatic rings. The van der Waals surface area contributed by atoms with Crippen LogP contribution in [0.3, 0.4) is 0 Å². The second kappa shape index (κ2) is 6.60. The molecule has 0 heterocycles. The van der Waals surface area contributed by atoms with Crippen molar-refractivity contribution in [3.63, 3.8) is 0 Å². The summed E-state index contributed by atoms with van der Waals surface area (Å²) < 4.78 is 6.08. The normalized spacial score (nSPS) is 13.5. The van der Waals surface area contributed by atoms with Crippen LogP contribution in [0.15, 0.2) is 42.5 Å². The molecule has 0 saturated carbocycles. The number of fused-ring (bicyclic) bond motifs is 1. The summed E-state index contributed by atoms with van der Waals surface area (Å²) in [6.45, 7) is 9.43. The summed E-state index contributed by atoms with van der Waals surface area (Å²) in [5, 5.41) is 2.53. The van der Waals surface area contributed by atoms with Crippen molar-refractivity contribution in [1.82, 2.24) is 0 Å². The Morgan fingerprint density at radius 1 is 1.20 bits per heavy atom. The third-order valence-electron chi connectivity index (χ3n) is 3.94. The summed E-state index contributed by atoms with van der Waals surface area (Å²) in [4.78, 5) is 0. The van der Waals surface area contributed by atoms with E-state index in [0.717, 1.165) is 18.8 Å². The molecular formula is C19H24O. The van der Waals surface area contributed by atoms with E-state index in [1.165, 1.54) is 21.9 Å². The van der Waals surface area contributed by atoms with Crippen molar-refractivity contribution in [2.75, 3.05) is 6.61 Å². The van der Waals surface area contributed by atoms with Crippen LogP contribution in [0.4, 0.5) is 0 Å². The van der Waals surface area contributed by atoms with Crippen molar-refractivity contribution in [1.29, 1.82) is 0 Å². The van der Waals surface area contributed by atoms with Gasteiger partial charge in [-0.15, -0.1) is 0 Å². The molecule has 2 aromatic carbocycles. The summed E-state index contributed by atoms with van der Waals surface area (Å²) in [6, 6.07) is 12.7. The highest BCUT2D eigenvalue weighted by molar-refractivity contribution is 5.96. The van der Waals surface area contributed by atoms with Crippen LogP contribution in [0, 0.1) is 5.92 Å². The van der Waals surface area contributed by atoms with Gasteiger partial charge in [0.1, 0.15) is 5.75 Å². The maximum atomic E-state index is 6.08. The minimum atomic E-state index is 0.584. The predicted molar refractivity (Wildman–Crippen MR) is 88.2 cm³/mol. The molecule has 0 unspecified atom stereocenters. The van der Waals surface area contributed by atoms with Crippen LogP contribution in [-0.4, -0.2) is 6.61 Å². The van der Waals surface area contributed by atoms with E-state index in [1.54, 1.807) is 0 Å². The van der Waals surface area contributed by atoms with Crippen LogP contribution in [0.25, 0.3) is 16.3 Å². The van der Waals surface area contributed by atoms with Crippen molar-refractivity contribution >= 4 is 16.3 Å². The quantitative estimate of drug-likeness (QED) is 0.677. The molecule has 0 radical (unpaired) electrons. The van der Waals surface area contributed by atoms with E-state index < -0.39 is 0 Å². The molecule has 0 saturated heterocycles. The van der Waals surface area contributed by atoms with Gasteiger partial charge in [0.15, 0.2) is 0 Å². The second-order valence-corrected chi connectivity index (χ2v) is 5.46. The fourth-order valence-electron chi connectivity index (χ4n) is 2.27. The standard InChI is InChI=1S/C19H24O/c1-5-14(3)13-20-18-12-11-16-9-7-8-10-17(16)19(18)15(4)6-2/h6-12,14H,5,13H2,1-4H3/t14-/m1/s1. The lowest BCUT2D eigenvalue weighted by Gasteiger charge is -2.17. The number of hydrogen-bond donors (Lipinski definition) is 0. The van der Waals surface area contributed by atoms with Gasteiger partial charge in [0.2, 0.25) is 0 Å². The maximum absolute atomic E-state index is 6.08. The fraction of sp³-hybridized carbons (Fsp3) is 0.368. The molecule has 1 nitrogen and oxygen atoms in total. The lowest BCUT2D eigenvalue weighted by atomic mass is 9.98. The smallest absolute Gasteiger partial charge is 0.127 e. The average Bonchev–Trinajstić information content (AvgIpc) is 2.51. The summed E-state index contributed by atoms with van der Waals surface area (Å²) >= 11 is 0. The lowest BCUT2D eigenvalue weighted by molar-refractivity contribution is 0.256. The molecule has 2 aromatic rings. The van der Waals surface area contributed by atoms with Crippen molar-refractivity contribution in [2.24, 2.45) is 5.92 Å². The molecule has 1 heteroatoms. The Kier molecular flexibility index (Phi) is 4.84. The molecule has 0 spiro atoms. The Morgan fingerprint density at radius 3 is 2.65 bits per heavy atom. The molecule has 0 aliphatic heterocycles. The first-order chi connectivity index (χ1) is 9.67. The minimum absolute atomic E-state index is 0.584. The Bertz CT molecular complexity index is 610. The van der Waals surface area contributed by atoms with Crippen LogP contribution in [0.5, 0.6) is 5.75 Å². The lowest BCUT2D eigenvalue weighted by Crippen LogP contribution is -2.08. The van der Waals surface area contributed by atoms with Gasteiger partial charge in [0.25, 0.3) is 0 Å². The summed E-state index contributed by atoms with van der Waals surface area (Å²) in [5.41, 5.74) is 2.50. The van der Waals surface area contributed by atoms with Gasteiger partial charge in [-0.3, -0.25) is 0 Å². The van der Waals surface area contributed by atoms with Gasteiger partial charge in [0.05, 0.1) is 6.61 Å². The highest BCUT2D eigenvalue weighted by Gasteiger charge is 2.11. The highest BCUT2D eigenvalue weighted by atomic mass is 16.5. The SMILES string of the molecule is CC=C(C)c1c(OC[C@H](C)CC)ccc2ccccc12. The molecule has 2 rings (SSSR count). The van der Waals surface area contributed by atoms with E-state index in [4.69, 9.17) is 4.74 Å². The van der Waals surface area contributed by atoms with Gasteiger partial charge in [-0.2, -0.15) is 0 Å². The van der Waals surface area contributed by atoms with Crippen LogP contribution in [0.1, 0.15) is 39.7 Å². The molecule has 20 heavy (non-hydrogen) atoms. The van der Waals surface area contributed by atoms with Gasteiger partial charge in [-0.05, 0) is 42.2 Å². The average molecular weight is 268 g/mol. The minimum Gasteiger partial charge on any atom is -0.493 e. The Labute approximate surface area is 122 Å². The van der Waals surface area contributed by atoms with Crippen molar-refractivity contribution in [3.8, 4) is 5.75 Å². The monoisotopic (exact) mass is 268 g/mol. The van der Waals surface area contributed by atoms with Crippen LogP contribution < -0.4 is 4.74 Å². The van der Waals surface area contributed by atoms with E-state index in [0.29, 0.717) is 5.92 Å². The van der Waals surface area contributed by atoms with Gasteiger partial charge in [-0.25, -0.2) is 0 Å². The van der Waals surface area contributed by atoms with Gasteiger partial charge in [0, 0.05) is 5.56 Å². The van der Waals surface area contributed by atoms with Crippen LogP contribution >= 0.6 is 0 Å². The first-order valence-corrected chi connectivity index (χ1v) is 7.45. The first-order valence-electron chi connectivity index (χ1n) is 7.45. The van der Waals surface area contributed by atoms with Gasteiger partial charge >= 0.3 is 0 Å². The van der Waals surface area contributed by atoms with Crippen molar-refractivity contribution in [3.05, 3.63) is 48.0 Å². The highest BCUT2D eigenvalue weighted by Crippen LogP contribution is 2.34. The number of hydrogen-bond acceptors (Lipinski definition) is 1. The van der Waals surface area contributed by atoms with E-state index in [1.807, 2.05) is 0 Å². The molecule has 0 aliphatic carbocycles. The molecule has 0 fully saturated rings. The first kappa shape index (κ1) is 14.6. The molecule has 0 aromatic heterocycles. The van der Waals surface area contributed by atoms with Crippen LogP contribution in [-0.2, 0) is 0 Å². The van der Waals surface area contributed by atoms with Gasteiger partial charge in [-0.1, -0.05) is 56.7 Å². The van der Waals surface area contributed by atoms with Crippen LogP contribution in [0.2, 0.25) is 0 Å². The van der Waals surface area contributed by atoms with Crippen molar-refractivity contribution < 1.29 is 4.74 Å². The largest absolute Gasteiger partial charge is 0.493 e. The Hall–Kier alpha value is -1.76. The zero-order chi connectivity index (χ0) is 14.5. The third-order valence-corrected chi connectivity index (χ3v) is 3.94. The Balaban J connectivity index is 2.48. The predicted octanol–water partition coefficient (Wildman–Crippen LogP) is 5.69. The van der Waals surface area contributed by atoms with E-state index in [9.17, 15) is 0 Å². The van der Waals surface area contributed by atoms with E-state index in [-0.39, 0.29) is 0 Å². The number of benzene rings is 2. The number of allylic oxidation sites excluding steroid dienone is 2. The Morgan fingerprint density at radius 2 is 1.95 bits per heavy atom. The zero-order valence-corrected chi connectivity index (χ0v) is 12.9. The molecule has 0 bridgehead atoms. The van der Waals surface area contributed by atoms with Gasteiger partial charge < -0.3 is 4.74 Å². The topological polar surface area (TPSA) is 9.23 Å². The number of ether oxygens (including phenoxy) is 1. The van der Waals surface area contributed by atoms with E-state index >= 15 is 0 Å². The maximum Gasteiger partial charge on any atom is 0.127 e. The third kappa shape index (κ3) is 3.04. The van der Waals surface area contributed by atoms with E-state index in [2.05, 4.69) is 70.2 Å². The molecular weight excluding hydrogens is 244 g/mol. The molecule has 1 atom stereocenters. The molecule has 0 amide bonds. The summed E-state index contributed by atoms with van der Waals surface area (Å²) in [7, 11) is 0. The van der Waals surface area contributed by atoms with Crippen molar-refractivity contribution in [2.45, 2.75) is 34.1 Å². The zero-order valence-electron chi connectivity index (χ0n) is 12.9. The molecule has 0 N–H and O–H groups in total. The molecule has 106 valence electrons. The number of rotatable bonds is 5. The second-order valence-electron chi connectivity index (χ2n) is 5.46. The summed E-state index contributed by atoms with van der Waals surface area (Å²) in [5.74, 6) is 1.58.